The highest BCUT2D eigenvalue weighted by Crippen LogP contribution is 2.21. The molecule has 0 aliphatic carbocycles. The monoisotopic (exact) mass is 361 g/mol. The third kappa shape index (κ3) is 4.67. The van der Waals surface area contributed by atoms with Gasteiger partial charge in [0.05, 0.1) is 9.79 Å². The highest BCUT2D eigenvalue weighted by molar-refractivity contribution is 7.91. The summed E-state index contributed by atoms with van der Waals surface area (Å²) in [6.07, 6.45) is 0. The largest absolute Gasteiger partial charge is 0.480 e. The van der Waals surface area contributed by atoms with Crippen molar-refractivity contribution in [2.24, 2.45) is 5.92 Å². The number of sulfone groups is 1. The van der Waals surface area contributed by atoms with Crippen LogP contribution in [0.15, 0.2) is 58.3 Å². The topological polar surface area (TPSA) is 83.5 Å². The summed E-state index contributed by atoms with van der Waals surface area (Å²) in [4.78, 5) is 11.7. The summed E-state index contributed by atoms with van der Waals surface area (Å²) < 4.78 is 25.2. The van der Waals surface area contributed by atoms with Crippen molar-refractivity contribution in [2.45, 2.75) is 43.1 Å². The molecular weight excluding hydrogens is 338 g/mol. The molecule has 134 valence electrons. The van der Waals surface area contributed by atoms with E-state index < -0.39 is 21.8 Å². The number of aryl methyl sites for hydroxylation is 1. The second kappa shape index (κ2) is 7.80. The predicted octanol–water partition coefficient (Wildman–Crippen LogP) is 3.03. The van der Waals surface area contributed by atoms with Crippen molar-refractivity contribution in [1.82, 2.24) is 5.32 Å². The van der Waals surface area contributed by atoms with Crippen molar-refractivity contribution in [1.29, 1.82) is 0 Å². The highest BCUT2D eigenvalue weighted by Gasteiger charge is 2.21. The number of carbonyl (C=O) groups is 1. The first-order valence-corrected chi connectivity index (χ1v) is 9.57. The number of aliphatic carboxylic acids is 1. The van der Waals surface area contributed by atoms with Gasteiger partial charge in [-0.15, -0.1) is 0 Å². The lowest BCUT2D eigenvalue weighted by Crippen LogP contribution is -2.40. The zero-order valence-corrected chi connectivity index (χ0v) is 15.4. The van der Waals surface area contributed by atoms with Gasteiger partial charge in [-0.2, -0.15) is 0 Å². The van der Waals surface area contributed by atoms with E-state index >= 15 is 0 Å². The van der Waals surface area contributed by atoms with E-state index in [4.69, 9.17) is 0 Å². The number of nitrogens with one attached hydrogen (secondary N) is 1. The fraction of sp³-hybridized carbons (Fsp3) is 0.316. The van der Waals surface area contributed by atoms with E-state index in [-0.39, 0.29) is 15.7 Å². The predicted molar refractivity (Wildman–Crippen MR) is 96.2 cm³/mol. The molecule has 0 aliphatic rings. The van der Waals surface area contributed by atoms with E-state index in [1.807, 2.05) is 20.8 Å². The van der Waals surface area contributed by atoms with Gasteiger partial charge >= 0.3 is 5.97 Å². The van der Waals surface area contributed by atoms with Gasteiger partial charge in [0, 0.05) is 6.54 Å². The Morgan fingerprint density at radius 3 is 1.92 bits per heavy atom. The molecule has 0 radical (unpaired) electrons. The van der Waals surface area contributed by atoms with E-state index in [9.17, 15) is 18.3 Å². The van der Waals surface area contributed by atoms with Crippen LogP contribution in [0.4, 0.5) is 0 Å². The number of hydrogen-bond acceptors (Lipinski definition) is 4. The molecule has 0 heterocycles. The van der Waals surface area contributed by atoms with Gasteiger partial charge in [0.1, 0.15) is 6.04 Å². The lowest BCUT2D eigenvalue weighted by atomic mass is 10.0. The third-order valence-electron chi connectivity index (χ3n) is 4.02. The molecule has 0 aliphatic heterocycles. The van der Waals surface area contributed by atoms with Crippen LogP contribution in [-0.2, 0) is 21.2 Å². The van der Waals surface area contributed by atoms with Gasteiger partial charge in [-0.1, -0.05) is 43.7 Å². The molecule has 0 unspecified atom stereocenters. The molecule has 0 spiro atoms. The molecule has 0 saturated carbocycles. The summed E-state index contributed by atoms with van der Waals surface area (Å²) >= 11 is 0. The fourth-order valence-corrected chi connectivity index (χ4v) is 3.74. The van der Waals surface area contributed by atoms with Crippen LogP contribution >= 0.6 is 0 Å². The average Bonchev–Trinajstić information content (AvgIpc) is 2.55. The number of hydrogen-bond donors (Lipinski definition) is 2. The van der Waals surface area contributed by atoms with Crippen LogP contribution in [0.1, 0.15) is 25.0 Å². The summed E-state index contributed by atoms with van der Waals surface area (Å²) in [7, 11) is -3.55. The Morgan fingerprint density at radius 2 is 1.48 bits per heavy atom. The number of rotatable bonds is 7. The first kappa shape index (κ1) is 19.1. The normalized spacial score (nSPS) is 13.0. The quantitative estimate of drug-likeness (QED) is 0.792. The van der Waals surface area contributed by atoms with Gasteiger partial charge < -0.3 is 10.4 Å². The maximum Gasteiger partial charge on any atom is 0.320 e. The molecule has 25 heavy (non-hydrogen) atoms. The van der Waals surface area contributed by atoms with Crippen LogP contribution < -0.4 is 5.32 Å². The van der Waals surface area contributed by atoms with Crippen molar-refractivity contribution < 1.29 is 18.3 Å². The van der Waals surface area contributed by atoms with Crippen molar-refractivity contribution in [3.63, 3.8) is 0 Å². The third-order valence-corrected chi connectivity index (χ3v) is 5.81. The molecule has 2 aromatic carbocycles. The van der Waals surface area contributed by atoms with Gasteiger partial charge in [-0.05, 0) is 42.7 Å². The van der Waals surface area contributed by atoms with E-state index in [2.05, 4.69) is 5.32 Å². The van der Waals surface area contributed by atoms with E-state index in [1.54, 1.807) is 48.5 Å². The summed E-state index contributed by atoms with van der Waals surface area (Å²) in [6, 6.07) is 12.6. The first-order chi connectivity index (χ1) is 11.7. The molecule has 2 aromatic rings. The summed E-state index contributed by atoms with van der Waals surface area (Å²) in [6.45, 7) is 5.94. The van der Waals surface area contributed by atoms with Gasteiger partial charge in [0.2, 0.25) is 9.84 Å². The fourth-order valence-electron chi connectivity index (χ4n) is 2.48. The Hall–Kier alpha value is -2.18. The van der Waals surface area contributed by atoms with Crippen molar-refractivity contribution in [3.8, 4) is 0 Å². The van der Waals surface area contributed by atoms with E-state index in [0.717, 1.165) is 11.1 Å². The summed E-state index contributed by atoms with van der Waals surface area (Å²) in [5.41, 5.74) is 1.83. The zero-order valence-electron chi connectivity index (χ0n) is 14.6. The van der Waals surface area contributed by atoms with E-state index in [1.165, 1.54) is 0 Å². The van der Waals surface area contributed by atoms with Crippen LogP contribution in [0.5, 0.6) is 0 Å². The molecule has 5 nitrogen and oxygen atoms in total. The van der Waals surface area contributed by atoms with E-state index in [0.29, 0.717) is 6.54 Å². The molecule has 0 saturated heterocycles. The molecule has 0 amide bonds. The number of benzene rings is 2. The molecule has 0 aromatic heterocycles. The smallest absolute Gasteiger partial charge is 0.320 e. The van der Waals surface area contributed by atoms with Gasteiger partial charge in [-0.3, -0.25) is 4.79 Å². The Bertz CT molecular complexity index is 825. The molecule has 1 atom stereocenters. The maximum atomic E-state index is 12.6. The minimum absolute atomic E-state index is 0.0429. The summed E-state index contributed by atoms with van der Waals surface area (Å²) in [5.74, 6) is -0.938. The Labute approximate surface area is 148 Å². The average molecular weight is 361 g/mol. The lowest BCUT2D eigenvalue weighted by molar-refractivity contribution is -0.140. The van der Waals surface area contributed by atoms with Crippen LogP contribution in [-0.4, -0.2) is 25.5 Å². The van der Waals surface area contributed by atoms with Crippen LogP contribution in [0.2, 0.25) is 0 Å². The van der Waals surface area contributed by atoms with Crippen molar-refractivity contribution in [2.75, 3.05) is 0 Å². The van der Waals surface area contributed by atoms with Crippen LogP contribution in [0.3, 0.4) is 0 Å². The standard InChI is InChI=1S/C19H23NO4S/c1-13(2)18(19(21)22)20-12-15-6-10-17(11-7-15)25(23,24)16-8-4-14(3)5-9-16/h4-11,13,18,20H,12H2,1-3H3,(H,21,22)/t18-/m0/s1. The SMILES string of the molecule is Cc1ccc(S(=O)(=O)c2ccc(CN[C@H](C(=O)O)C(C)C)cc2)cc1. The lowest BCUT2D eigenvalue weighted by Gasteiger charge is -2.18. The van der Waals surface area contributed by atoms with Crippen LogP contribution in [0.25, 0.3) is 0 Å². The Kier molecular flexibility index (Phi) is 5.98. The van der Waals surface area contributed by atoms with Crippen molar-refractivity contribution in [3.05, 3.63) is 59.7 Å². The molecule has 2 N–H and O–H groups in total. The second-order valence-electron chi connectivity index (χ2n) is 6.40. The summed E-state index contributed by atoms with van der Waals surface area (Å²) in [5, 5.41) is 12.2. The second-order valence-corrected chi connectivity index (χ2v) is 8.35. The molecule has 6 heteroatoms. The number of carboxylic acids is 1. The first-order valence-electron chi connectivity index (χ1n) is 8.08. The van der Waals surface area contributed by atoms with Crippen molar-refractivity contribution >= 4 is 15.8 Å². The molecule has 2 rings (SSSR count). The minimum atomic E-state index is -3.55. The van der Waals surface area contributed by atoms with Gasteiger partial charge in [0.25, 0.3) is 0 Å². The minimum Gasteiger partial charge on any atom is -0.480 e. The maximum absolute atomic E-state index is 12.6. The van der Waals surface area contributed by atoms with Crippen LogP contribution in [0, 0.1) is 12.8 Å². The molecule has 0 fully saturated rings. The Morgan fingerprint density at radius 1 is 1.00 bits per heavy atom. The number of carboxylic acid groups (broad SMARTS) is 1. The zero-order chi connectivity index (χ0) is 18.6. The molecule has 0 bridgehead atoms. The highest BCUT2D eigenvalue weighted by atomic mass is 32.2. The Balaban J connectivity index is 2.14. The molecular formula is C19H23NO4S. The van der Waals surface area contributed by atoms with Gasteiger partial charge in [0.15, 0.2) is 0 Å². The van der Waals surface area contributed by atoms with Gasteiger partial charge in [-0.25, -0.2) is 8.42 Å².